The topological polar surface area (TPSA) is 74.0 Å². The van der Waals surface area contributed by atoms with Crippen molar-refractivity contribution in [2.24, 2.45) is 4.99 Å². The van der Waals surface area contributed by atoms with Crippen molar-refractivity contribution in [2.45, 2.75) is 6.61 Å². The minimum absolute atomic E-state index is 0.0471. The summed E-state index contributed by atoms with van der Waals surface area (Å²) in [6.07, 6.45) is 1.72. The van der Waals surface area contributed by atoms with Crippen molar-refractivity contribution >= 4 is 49.4 Å². The van der Waals surface area contributed by atoms with Gasteiger partial charge in [0.25, 0.3) is 5.69 Å². The third-order valence-electron chi connectivity index (χ3n) is 3.99. The van der Waals surface area contributed by atoms with Gasteiger partial charge in [0, 0.05) is 28.4 Å². The molecule has 0 atom stereocenters. The number of nitro groups is 1. The van der Waals surface area contributed by atoms with Crippen LogP contribution >= 0.6 is 31.9 Å². The number of hydrogen-bond donors (Lipinski definition) is 0. The number of methoxy groups -OCH3 is 1. The number of nitro benzene ring substituents is 1. The second-order valence-electron chi connectivity index (χ2n) is 5.97. The Balaban J connectivity index is 1.80. The van der Waals surface area contributed by atoms with Gasteiger partial charge in [0.2, 0.25) is 0 Å². The van der Waals surface area contributed by atoms with Gasteiger partial charge in [-0.15, -0.1) is 0 Å². The lowest BCUT2D eigenvalue weighted by Gasteiger charge is -2.12. The van der Waals surface area contributed by atoms with Crippen LogP contribution in [-0.2, 0) is 6.61 Å². The maximum Gasteiger partial charge on any atom is 0.269 e. The van der Waals surface area contributed by atoms with E-state index in [9.17, 15) is 10.1 Å². The minimum atomic E-state index is -0.427. The highest BCUT2D eigenvalue weighted by molar-refractivity contribution is 9.11. The normalized spacial score (nSPS) is 10.9. The molecule has 0 aromatic heterocycles. The first-order valence-electron chi connectivity index (χ1n) is 8.49. The van der Waals surface area contributed by atoms with Crippen LogP contribution in [0.4, 0.5) is 11.4 Å². The smallest absolute Gasteiger partial charge is 0.269 e. The van der Waals surface area contributed by atoms with Crippen molar-refractivity contribution in [3.8, 4) is 11.5 Å². The highest BCUT2D eigenvalue weighted by atomic mass is 79.9. The number of halogens is 2. The van der Waals surface area contributed by atoms with Gasteiger partial charge < -0.3 is 9.47 Å². The summed E-state index contributed by atoms with van der Waals surface area (Å²) in [6.45, 7) is 0.265. The van der Waals surface area contributed by atoms with Crippen molar-refractivity contribution in [1.29, 1.82) is 0 Å². The van der Waals surface area contributed by atoms with E-state index < -0.39 is 4.92 Å². The molecule has 3 aromatic rings. The monoisotopic (exact) mass is 518 g/mol. The van der Waals surface area contributed by atoms with Crippen molar-refractivity contribution in [3.05, 3.63) is 90.9 Å². The fraction of sp³-hybridized carbons (Fsp3) is 0.0952. The summed E-state index contributed by atoms with van der Waals surface area (Å²) in [4.78, 5) is 14.9. The Morgan fingerprint density at radius 3 is 2.38 bits per heavy atom. The number of nitrogens with zero attached hydrogens (tertiary/aromatic N) is 2. The highest BCUT2D eigenvalue weighted by Gasteiger charge is 2.10. The lowest BCUT2D eigenvalue weighted by molar-refractivity contribution is -0.384. The number of non-ortho nitro benzene ring substituents is 1. The van der Waals surface area contributed by atoms with Gasteiger partial charge in [-0.05, 0) is 70.0 Å². The van der Waals surface area contributed by atoms with Gasteiger partial charge in [0.1, 0.15) is 18.1 Å². The van der Waals surface area contributed by atoms with Crippen LogP contribution in [0.5, 0.6) is 11.5 Å². The molecule has 0 unspecified atom stereocenters. The van der Waals surface area contributed by atoms with E-state index in [0.717, 1.165) is 31.5 Å². The van der Waals surface area contributed by atoms with Gasteiger partial charge in [-0.1, -0.05) is 15.9 Å². The Labute approximate surface area is 184 Å². The average molecular weight is 520 g/mol. The first kappa shape index (κ1) is 21.0. The summed E-state index contributed by atoms with van der Waals surface area (Å²) in [7, 11) is 1.62. The van der Waals surface area contributed by atoms with Crippen molar-refractivity contribution in [1.82, 2.24) is 0 Å². The molecule has 0 amide bonds. The third kappa shape index (κ3) is 5.65. The zero-order valence-electron chi connectivity index (χ0n) is 15.3. The summed E-state index contributed by atoms with van der Waals surface area (Å²) >= 11 is 7.01. The van der Waals surface area contributed by atoms with E-state index >= 15 is 0 Å². The van der Waals surface area contributed by atoms with E-state index in [2.05, 4.69) is 36.9 Å². The molecule has 3 aromatic carbocycles. The second kappa shape index (κ2) is 9.67. The fourth-order valence-electron chi connectivity index (χ4n) is 2.51. The molecule has 0 fully saturated rings. The van der Waals surface area contributed by atoms with Crippen LogP contribution in [0, 0.1) is 10.1 Å². The SMILES string of the molecule is COc1ccc(N=Cc2cc(Br)cc(Br)c2OCc2ccc([N+](=O)[O-])cc2)cc1. The largest absolute Gasteiger partial charge is 0.497 e. The molecule has 148 valence electrons. The predicted octanol–water partition coefficient (Wildman–Crippen LogP) is 6.46. The first-order chi connectivity index (χ1) is 14.0. The van der Waals surface area contributed by atoms with E-state index in [0.29, 0.717) is 5.75 Å². The summed E-state index contributed by atoms with van der Waals surface area (Å²) in [5.74, 6) is 1.39. The Morgan fingerprint density at radius 2 is 1.76 bits per heavy atom. The maximum absolute atomic E-state index is 10.8. The fourth-order valence-corrected chi connectivity index (χ4v) is 3.88. The molecule has 0 spiro atoms. The van der Waals surface area contributed by atoms with E-state index in [-0.39, 0.29) is 12.3 Å². The molecule has 0 saturated heterocycles. The molecule has 0 heterocycles. The summed E-state index contributed by atoms with van der Waals surface area (Å²) in [6, 6.07) is 17.5. The minimum Gasteiger partial charge on any atom is -0.497 e. The number of benzene rings is 3. The average Bonchev–Trinajstić information content (AvgIpc) is 2.72. The van der Waals surface area contributed by atoms with Crippen LogP contribution in [0.2, 0.25) is 0 Å². The molecule has 0 aliphatic carbocycles. The molecule has 3 rings (SSSR count). The van der Waals surface area contributed by atoms with Crippen LogP contribution < -0.4 is 9.47 Å². The number of ether oxygens (including phenoxy) is 2. The Kier molecular flexibility index (Phi) is 7.00. The molecule has 6 nitrogen and oxygen atoms in total. The number of aliphatic imine (C=N–C) groups is 1. The standard InChI is InChI=1S/C21H16Br2N2O4/c1-28-19-8-4-17(5-9-19)24-12-15-10-16(22)11-20(23)21(15)29-13-14-2-6-18(7-3-14)25(26)27/h2-12H,13H2,1H3. The molecule has 0 N–H and O–H groups in total. The van der Waals surface area contributed by atoms with Crippen molar-refractivity contribution in [2.75, 3.05) is 7.11 Å². The van der Waals surface area contributed by atoms with Crippen LogP contribution in [0.15, 0.2) is 74.6 Å². The second-order valence-corrected chi connectivity index (χ2v) is 7.74. The van der Waals surface area contributed by atoms with Crippen molar-refractivity contribution < 1.29 is 14.4 Å². The van der Waals surface area contributed by atoms with Gasteiger partial charge in [0.15, 0.2) is 0 Å². The van der Waals surface area contributed by atoms with Crippen LogP contribution in [0.3, 0.4) is 0 Å². The molecule has 0 bridgehead atoms. The maximum atomic E-state index is 10.8. The molecule has 0 aliphatic rings. The molecule has 8 heteroatoms. The van der Waals surface area contributed by atoms with E-state index in [1.807, 2.05) is 36.4 Å². The lowest BCUT2D eigenvalue weighted by atomic mass is 10.2. The van der Waals surface area contributed by atoms with Gasteiger partial charge in [-0.2, -0.15) is 0 Å². The quantitative estimate of drug-likeness (QED) is 0.204. The number of hydrogen-bond acceptors (Lipinski definition) is 5. The van der Waals surface area contributed by atoms with E-state index in [4.69, 9.17) is 9.47 Å². The Morgan fingerprint density at radius 1 is 1.07 bits per heavy atom. The molecular weight excluding hydrogens is 504 g/mol. The third-order valence-corrected chi connectivity index (χ3v) is 5.04. The molecule has 0 saturated carbocycles. The van der Waals surface area contributed by atoms with Gasteiger partial charge in [-0.25, -0.2) is 0 Å². The van der Waals surface area contributed by atoms with E-state index in [1.54, 1.807) is 25.5 Å². The van der Waals surface area contributed by atoms with Gasteiger partial charge in [-0.3, -0.25) is 15.1 Å². The summed E-state index contributed by atoms with van der Waals surface area (Å²) in [5, 5.41) is 10.8. The Bertz CT molecular complexity index is 1040. The van der Waals surface area contributed by atoms with Gasteiger partial charge in [0.05, 0.1) is 22.2 Å². The summed E-state index contributed by atoms with van der Waals surface area (Å²) < 4.78 is 12.8. The molecule has 0 aliphatic heterocycles. The predicted molar refractivity (Wildman–Crippen MR) is 120 cm³/mol. The Hall–Kier alpha value is -2.71. The number of rotatable bonds is 7. The zero-order chi connectivity index (χ0) is 20.8. The molecule has 29 heavy (non-hydrogen) atoms. The summed E-state index contributed by atoms with van der Waals surface area (Å²) in [5.41, 5.74) is 2.43. The van der Waals surface area contributed by atoms with Gasteiger partial charge >= 0.3 is 0 Å². The lowest BCUT2D eigenvalue weighted by Crippen LogP contribution is -2.00. The first-order valence-corrected chi connectivity index (χ1v) is 10.1. The highest BCUT2D eigenvalue weighted by Crippen LogP contribution is 2.33. The molecule has 0 radical (unpaired) electrons. The van der Waals surface area contributed by atoms with Crippen LogP contribution in [0.1, 0.15) is 11.1 Å². The molecular formula is C21H16Br2N2O4. The van der Waals surface area contributed by atoms with E-state index in [1.165, 1.54) is 12.1 Å². The van der Waals surface area contributed by atoms with Crippen LogP contribution in [0.25, 0.3) is 0 Å². The van der Waals surface area contributed by atoms with Crippen molar-refractivity contribution in [3.63, 3.8) is 0 Å². The zero-order valence-corrected chi connectivity index (χ0v) is 18.5. The van der Waals surface area contributed by atoms with Crippen LogP contribution in [-0.4, -0.2) is 18.2 Å².